The van der Waals surface area contributed by atoms with E-state index in [0.29, 0.717) is 11.4 Å². The van der Waals surface area contributed by atoms with E-state index in [-0.39, 0.29) is 5.95 Å². The van der Waals surface area contributed by atoms with Crippen LogP contribution in [0.1, 0.15) is 0 Å². The van der Waals surface area contributed by atoms with Crippen molar-refractivity contribution in [2.45, 2.75) is 0 Å². The van der Waals surface area contributed by atoms with E-state index in [1.165, 1.54) is 0 Å². The number of anilines is 2. The summed E-state index contributed by atoms with van der Waals surface area (Å²) in [5.74, 6) is 0.424. The van der Waals surface area contributed by atoms with Crippen molar-refractivity contribution in [1.29, 1.82) is 0 Å². The zero-order valence-electron chi connectivity index (χ0n) is 10.3. The van der Waals surface area contributed by atoms with E-state index in [0.717, 1.165) is 10.9 Å². The molecule has 0 aliphatic heterocycles. The van der Waals surface area contributed by atoms with Gasteiger partial charge in [0.1, 0.15) is 13.0 Å². The fourth-order valence-electron chi connectivity index (χ4n) is 1.79. The maximum absolute atomic E-state index is 12.3. The van der Waals surface area contributed by atoms with E-state index in [4.69, 9.17) is 11.5 Å². The Hall–Kier alpha value is -1.87. The summed E-state index contributed by atoms with van der Waals surface area (Å²) in [5.41, 5.74) is 12.8. The number of benzene rings is 1. The van der Waals surface area contributed by atoms with Crippen molar-refractivity contribution in [2.75, 3.05) is 24.8 Å². The first-order chi connectivity index (χ1) is 8.39. The number of nitrogens with two attached hydrogens (primary N) is 2. The lowest BCUT2D eigenvalue weighted by Crippen LogP contribution is -2.09. The molecule has 4 N–H and O–H groups in total. The molecule has 2 rings (SSSR count). The van der Waals surface area contributed by atoms with Crippen LogP contribution in [0, 0.1) is 0 Å². The quantitative estimate of drug-likeness (QED) is 0.801. The van der Waals surface area contributed by atoms with E-state index in [9.17, 15) is 4.57 Å². The molecule has 0 atom stereocenters. The van der Waals surface area contributed by atoms with Gasteiger partial charge in [-0.05, 0) is 18.9 Å². The molecule has 5 nitrogen and oxygen atoms in total. The second-order valence-electron chi connectivity index (χ2n) is 4.40. The van der Waals surface area contributed by atoms with E-state index >= 15 is 0 Å². The summed E-state index contributed by atoms with van der Waals surface area (Å²) >= 11 is 0. The smallest absolute Gasteiger partial charge is 0.221 e. The Morgan fingerprint density at radius 2 is 1.78 bits per heavy atom. The monoisotopic (exact) mass is 262 g/mol. The summed E-state index contributed by atoms with van der Waals surface area (Å²) in [6, 6.07) is 7.42. The molecule has 94 valence electrons. The highest BCUT2D eigenvalue weighted by atomic mass is 31.2. The minimum atomic E-state index is -2.40. The average molecular weight is 262 g/mol. The predicted molar refractivity (Wildman–Crippen MR) is 75.4 cm³/mol. The van der Waals surface area contributed by atoms with Gasteiger partial charge in [-0.2, -0.15) is 4.98 Å². The lowest BCUT2D eigenvalue weighted by atomic mass is 10.1. The standard InChI is InChI=1S/C12H15N4OP/c1-18(2,17)10-6-4-3-5-8(10)9-7-15-12(14)16-11(9)13/h3-7H,1-2H3,(H4,13,14,15,16). The average Bonchev–Trinajstić information content (AvgIpc) is 2.28. The van der Waals surface area contributed by atoms with Crippen molar-refractivity contribution >= 4 is 24.2 Å². The maximum Gasteiger partial charge on any atom is 0.221 e. The van der Waals surface area contributed by atoms with Crippen LogP contribution in [-0.4, -0.2) is 23.3 Å². The third-order valence-electron chi connectivity index (χ3n) is 2.61. The van der Waals surface area contributed by atoms with Gasteiger partial charge in [0.05, 0.1) is 0 Å². The first-order valence-electron chi connectivity index (χ1n) is 5.42. The first kappa shape index (κ1) is 12.6. The minimum absolute atomic E-state index is 0.130. The minimum Gasteiger partial charge on any atom is -0.383 e. The zero-order valence-corrected chi connectivity index (χ0v) is 11.2. The molecule has 0 unspecified atom stereocenters. The van der Waals surface area contributed by atoms with Gasteiger partial charge in [0.25, 0.3) is 0 Å². The number of rotatable bonds is 2. The fraction of sp³-hybridized carbons (Fsp3) is 0.167. The lowest BCUT2D eigenvalue weighted by molar-refractivity contribution is 0.588. The molecule has 0 aliphatic carbocycles. The molecule has 18 heavy (non-hydrogen) atoms. The Balaban J connectivity index is 2.68. The van der Waals surface area contributed by atoms with Gasteiger partial charge in [0.2, 0.25) is 5.95 Å². The molecule has 0 bridgehead atoms. The molecule has 0 saturated heterocycles. The van der Waals surface area contributed by atoms with Crippen LogP contribution >= 0.6 is 7.14 Å². The summed E-state index contributed by atoms with van der Waals surface area (Å²) in [7, 11) is -2.40. The van der Waals surface area contributed by atoms with Crippen molar-refractivity contribution in [3.8, 4) is 11.1 Å². The second kappa shape index (κ2) is 4.42. The Morgan fingerprint density at radius 1 is 1.11 bits per heavy atom. The fourth-order valence-corrected chi connectivity index (χ4v) is 3.01. The van der Waals surface area contributed by atoms with Crippen molar-refractivity contribution in [3.05, 3.63) is 30.5 Å². The largest absolute Gasteiger partial charge is 0.383 e. The second-order valence-corrected chi connectivity index (χ2v) is 7.58. The highest BCUT2D eigenvalue weighted by Crippen LogP contribution is 2.39. The number of nitrogens with zero attached hydrogens (tertiary/aromatic N) is 2. The number of aromatic nitrogens is 2. The van der Waals surface area contributed by atoms with Crippen molar-refractivity contribution in [1.82, 2.24) is 9.97 Å². The molecule has 0 spiro atoms. The molecule has 2 aromatic rings. The van der Waals surface area contributed by atoms with Crippen LogP contribution in [0.15, 0.2) is 30.5 Å². The van der Waals surface area contributed by atoms with Gasteiger partial charge in [-0.3, -0.25) is 0 Å². The van der Waals surface area contributed by atoms with Gasteiger partial charge in [0.15, 0.2) is 0 Å². The first-order valence-corrected chi connectivity index (χ1v) is 8.02. The van der Waals surface area contributed by atoms with E-state index in [2.05, 4.69) is 9.97 Å². The number of hydrogen-bond donors (Lipinski definition) is 2. The van der Waals surface area contributed by atoms with Crippen LogP contribution in [0.4, 0.5) is 11.8 Å². The van der Waals surface area contributed by atoms with Crippen molar-refractivity contribution in [2.24, 2.45) is 0 Å². The molecule has 0 radical (unpaired) electrons. The Labute approximate surface area is 106 Å². The normalized spacial score (nSPS) is 11.4. The van der Waals surface area contributed by atoms with Crippen molar-refractivity contribution in [3.63, 3.8) is 0 Å². The summed E-state index contributed by atoms with van der Waals surface area (Å²) in [4.78, 5) is 7.86. The summed E-state index contributed by atoms with van der Waals surface area (Å²) < 4.78 is 12.3. The van der Waals surface area contributed by atoms with E-state index < -0.39 is 7.14 Å². The molecule has 0 amide bonds. The van der Waals surface area contributed by atoms with Gasteiger partial charge >= 0.3 is 0 Å². The Kier molecular flexibility index (Phi) is 3.09. The molecule has 1 heterocycles. The molecule has 0 aliphatic rings. The predicted octanol–water partition coefficient (Wildman–Crippen LogP) is 1.56. The maximum atomic E-state index is 12.3. The Bertz CT molecular complexity index is 636. The highest BCUT2D eigenvalue weighted by Gasteiger charge is 2.18. The van der Waals surface area contributed by atoms with E-state index in [1.807, 2.05) is 24.3 Å². The lowest BCUT2D eigenvalue weighted by Gasteiger charge is -2.14. The third-order valence-corrected chi connectivity index (χ3v) is 4.16. The molecule has 6 heteroatoms. The summed E-state index contributed by atoms with van der Waals surface area (Å²) in [6.07, 6.45) is 1.56. The van der Waals surface area contributed by atoms with E-state index in [1.54, 1.807) is 19.5 Å². The van der Waals surface area contributed by atoms with Gasteiger partial charge in [-0.25, -0.2) is 4.98 Å². The molecule has 0 saturated carbocycles. The van der Waals surface area contributed by atoms with Gasteiger partial charge in [-0.1, -0.05) is 24.3 Å². The summed E-state index contributed by atoms with van der Waals surface area (Å²) in [6.45, 7) is 3.44. The van der Waals surface area contributed by atoms with Crippen LogP contribution in [0.3, 0.4) is 0 Å². The SMILES string of the molecule is CP(C)(=O)c1ccccc1-c1cnc(N)nc1N. The highest BCUT2D eigenvalue weighted by molar-refractivity contribution is 7.70. The molecule has 0 fully saturated rings. The van der Waals surface area contributed by atoms with Crippen molar-refractivity contribution < 1.29 is 4.57 Å². The van der Waals surface area contributed by atoms with Gasteiger partial charge in [-0.15, -0.1) is 0 Å². The van der Waals surface area contributed by atoms with Crippen LogP contribution in [-0.2, 0) is 4.57 Å². The van der Waals surface area contributed by atoms with Crippen LogP contribution in [0.2, 0.25) is 0 Å². The molecule has 1 aromatic heterocycles. The summed E-state index contributed by atoms with van der Waals surface area (Å²) in [5, 5.41) is 0.769. The molecular weight excluding hydrogens is 247 g/mol. The van der Waals surface area contributed by atoms with Crippen LogP contribution < -0.4 is 16.8 Å². The van der Waals surface area contributed by atoms with Crippen LogP contribution in [0.5, 0.6) is 0 Å². The van der Waals surface area contributed by atoms with Gasteiger partial charge < -0.3 is 16.0 Å². The number of hydrogen-bond acceptors (Lipinski definition) is 5. The third kappa shape index (κ3) is 2.36. The van der Waals surface area contributed by atoms with Gasteiger partial charge in [0, 0.05) is 17.1 Å². The number of nitrogen functional groups attached to an aromatic ring is 2. The Morgan fingerprint density at radius 3 is 2.39 bits per heavy atom. The topological polar surface area (TPSA) is 94.9 Å². The zero-order chi connectivity index (χ0) is 13.3. The molecule has 1 aromatic carbocycles. The molecular formula is C12H15N4OP. The van der Waals surface area contributed by atoms with Crippen LogP contribution in [0.25, 0.3) is 11.1 Å².